The third-order valence-corrected chi connectivity index (χ3v) is 5.20. The maximum atomic E-state index is 10.3. The molecule has 0 saturated carbocycles. The lowest BCUT2D eigenvalue weighted by Crippen LogP contribution is -2.41. The minimum atomic E-state index is -0.444. The quantitative estimate of drug-likeness (QED) is 0.808. The van der Waals surface area contributed by atoms with Crippen LogP contribution in [-0.2, 0) is 5.41 Å². The predicted molar refractivity (Wildman–Crippen MR) is 97.4 cm³/mol. The number of fused-ring (bicyclic) bond motifs is 5. The second-order valence-corrected chi connectivity index (χ2v) is 7.17. The van der Waals surface area contributed by atoms with Crippen LogP contribution in [0.5, 0.6) is 28.7 Å². The number of hydrogen-bond donors (Lipinski definition) is 2. The van der Waals surface area contributed by atoms with E-state index in [0.29, 0.717) is 23.9 Å². The molecular formula is C21H22O5. The Kier molecular flexibility index (Phi) is 3.75. The minimum absolute atomic E-state index is 0.0866. The fourth-order valence-electron chi connectivity index (χ4n) is 3.83. The van der Waals surface area contributed by atoms with E-state index >= 15 is 0 Å². The highest BCUT2D eigenvalue weighted by atomic mass is 16.5. The fraction of sp³-hybridized carbons (Fsp3) is 0.333. The van der Waals surface area contributed by atoms with Crippen LogP contribution in [0, 0.1) is 0 Å². The van der Waals surface area contributed by atoms with Crippen molar-refractivity contribution in [2.24, 2.45) is 0 Å². The summed E-state index contributed by atoms with van der Waals surface area (Å²) in [5.41, 5.74) is 2.57. The molecule has 0 aliphatic carbocycles. The second-order valence-electron chi connectivity index (χ2n) is 7.17. The van der Waals surface area contributed by atoms with Crippen molar-refractivity contribution in [3.63, 3.8) is 0 Å². The van der Waals surface area contributed by atoms with Crippen molar-refractivity contribution < 1.29 is 24.4 Å². The summed E-state index contributed by atoms with van der Waals surface area (Å²) in [5.74, 6) is 1.95. The topological polar surface area (TPSA) is 68.2 Å². The van der Waals surface area contributed by atoms with E-state index in [1.54, 1.807) is 24.3 Å². The smallest absolute Gasteiger partial charge is 0.164 e. The highest BCUT2D eigenvalue weighted by molar-refractivity contribution is 5.59. The van der Waals surface area contributed by atoms with Gasteiger partial charge in [-0.05, 0) is 38.5 Å². The lowest BCUT2D eigenvalue weighted by Gasteiger charge is -2.38. The van der Waals surface area contributed by atoms with E-state index in [-0.39, 0.29) is 17.6 Å². The third kappa shape index (κ3) is 2.38. The first-order valence-corrected chi connectivity index (χ1v) is 8.62. The maximum absolute atomic E-state index is 10.3. The lowest BCUT2D eigenvalue weighted by atomic mass is 9.71. The van der Waals surface area contributed by atoms with E-state index in [9.17, 15) is 10.2 Å². The van der Waals surface area contributed by atoms with Gasteiger partial charge in [0.05, 0.1) is 12.5 Å². The monoisotopic (exact) mass is 354 g/mol. The number of phenols is 2. The molecule has 0 fully saturated rings. The lowest BCUT2D eigenvalue weighted by molar-refractivity contribution is 0.0724. The average molecular weight is 354 g/mol. The third-order valence-electron chi connectivity index (χ3n) is 5.20. The van der Waals surface area contributed by atoms with Gasteiger partial charge in [-0.2, -0.15) is 0 Å². The molecule has 0 radical (unpaired) electrons. The van der Waals surface area contributed by atoms with Crippen LogP contribution in [0.1, 0.15) is 37.5 Å². The molecular weight excluding hydrogens is 332 g/mol. The van der Waals surface area contributed by atoms with Gasteiger partial charge < -0.3 is 24.4 Å². The Morgan fingerprint density at radius 2 is 2.04 bits per heavy atom. The Morgan fingerprint density at radius 1 is 1.23 bits per heavy atom. The van der Waals surface area contributed by atoms with Gasteiger partial charge in [0, 0.05) is 23.3 Å². The summed E-state index contributed by atoms with van der Waals surface area (Å²) in [5, 5.41) is 20.1. The molecule has 5 nitrogen and oxygen atoms in total. The molecule has 2 N–H and O–H groups in total. The minimum Gasteiger partial charge on any atom is -0.508 e. The molecule has 136 valence electrons. The molecule has 2 aromatic carbocycles. The molecule has 2 aromatic rings. The Hall–Kier alpha value is -2.82. The number of benzene rings is 2. The summed E-state index contributed by atoms with van der Waals surface area (Å²) in [4.78, 5) is 0. The van der Waals surface area contributed by atoms with Crippen LogP contribution in [0.2, 0.25) is 0 Å². The van der Waals surface area contributed by atoms with Gasteiger partial charge in [-0.3, -0.25) is 0 Å². The molecule has 2 heterocycles. The first kappa shape index (κ1) is 16.6. The van der Waals surface area contributed by atoms with E-state index in [1.807, 2.05) is 6.07 Å². The molecule has 0 aromatic heterocycles. The van der Waals surface area contributed by atoms with Crippen LogP contribution < -0.4 is 14.2 Å². The summed E-state index contributed by atoms with van der Waals surface area (Å²) < 4.78 is 17.6. The molecule has 5 heteroatoms. The fourth-order valence-corrected chi connectivity index (χ4v) is 3.83. The van der Waals surface area contributed by atoms with Crippen molar-refractivity contribution in [1.29, 1.82) is 0 Å². The average Bonchev–Trinajstić information content (AvgIpc) is 2.93. The van der Waals surface area contributed by atoms with Crippen molar-refractivity contribution in [3.8, 4) is 28.7 Å². The molecule has 0 saturated heterocycles. The first-order valence-electron chi connectivity index (χ1n) is 8.62. The number of phenolic OH excluding ortho intramolecular Hbond substituents is 2. The molecule has 0 spiro atoms. The normalized spacial score (nSPS) is 22.3. The van der Waals surface area contributed by atoms with Crippen molar-refractivity contribution in [1.82, 2.24) is 0 Å². The van der Waals surface area contributed by atoms with Crippen molar-refractivity contribution in [2.75, 3.05) is 13.7 Å². The number of aromatic hydroxyl groups is 2. The van der Waals surface area contributed by atoms with Gasteiger partial charge in [0.2, 0.25) is 0 Å². The van der Waals surface area contributed by atoms with Gasteiger partial charge in [0.25, 0.3) is 0 Å². The van der Waals surface area contributed by atoms with Crippen LogP contribution in [-0.4, -0.2) is 23.9 Å². The zero-order valence-corrected chi connectivity index (χ0v) is 15.1. The van der Waals surface area contributed by atoms with Crippen molar-refractivity contribution >= 4 is 0 Å². The first-order chi connectivity index (χ1) is 12.4. The highest BCUT2D eigenvalue weighted by Gasteiger charge is 2.53. The Bertz CT molecular complexity index is 898. The van der Waals surface area contributed by atoms with Gasteiger partial charge in [0.1, 0.15) is 30.0 Å². The SMILES string of the molecule is COc1cc2c(cc1O)[C@]1(CC=C(C)C)COc3cc(O)ccc3[C@@H]1O2. The number of methoxy groups -OCH3 is 1. The van der Waals surface area contributed by atoms with E-state index in [0.717, 1.165) is 17.5 Å². The van der Waals surface area contributed by atoms with Crippen molar-refractivity contribution in [3.05, 3.63) is 53.1 Å². The largest absolute Gasteiger partial charge is 0.508 e. The molecule has 0 amide bonds. The summed E-state index contributed by atoms with van der Waals surface area (Å²) >= 11 is 0. The molecule has 2 aliphatic rings. The molecule has 4 rings (SSSR count). The van der Waals surface area contributed by atoms with Gasteiger partial charge >= 0.3 is 0 Å². The predicted octanol–water partition coefficient (Wildman–Crippen LogP) is 4.23. The molecule has 2 atom stereocenters. The zero-order valence-electron chi connectivity index (χ0n) is 15.1. The number of hydrogen-bond acceptors (Lipinski definition) is 5. The van der Waals surface area contributed by atoms with Crippen LogP contribution >= 0.6 is 0 Å². The van der Waals surface area contributed by atoms with Crippen LogP contribution in [0.4, 0.5) is 0 Å². The molecule has 0 bridgehead atoms. The number of allylic oxidation sites excluding steroid dienone is 2. The standard InChI is InChI=1S/C21H22O5/c1-12(2)6-7-21-11-25-17-8-13(22)4-5-14(17)20(21)26-18-10-19(24-3)16(23)9-15(18)21/h4-6,8-10,20,22-23H,7,11H2,1-3H3/t20-,21-/m0/s1. The van der Waals surface area contributed by atoms with E-state index in [1.165, 1.54) is 12.7 Å². The van der Waals surface area contributed by atoms with Crippen LogP contribution in [0.3, 0.4) is 0 Å². The van der Waals surface area contributed by atoms with Gasteiger partial charge in [0.15, 0.2) is 11.5 Å². The molecule has 2 aliphatic heterocycles. The Labute approximate surface area is 152 Å². The number of ether oxygens (including phenoxy) is 3. The van der Waals surface area contributed by atoms with Gasteiger partial charge in [-0.1, -0.05) is 11.6 Å². The Morgan fingerprint density at radius 3 is 2.77 bits per heavy atom. The van der Waals surface area contributed by atoms with Gasteiger partial charge in [-0.25, -0.2) is 0 Å². The van der Waals surface area contributed by atoms with E-state index in [2.05, 4.69) is 19.9 Å². The summed E-state index contributed by atoms with van der Waals surface area (Å²) in [6, 6.07) is 8.55. The second kappa shape index (κ2) is 5.87. The number of rotatable bonds is 3. The van der Waals surface area contributed by atoms with Crippen LogP contribution in [0.25, 0.3) is 0 Å². The molecule has 0 unspecified atom stereocenters. The van der Waals surface area contributed by atoms with Crippen molar-refractivity contribution in [2.45, 2.75) is 31.8 Å². The maximum Gasteiger partial charge on any atom is 0.164 e. The summed E-state index contributed by atoms with van der Waals surface area (Å²) in [6.45, 7) is 4.52. The zero-order chi connectivity index (χ0) is 18.5. The van der Waals surface area contributed by atoms with E-state index in [4.69, 9.17) is 14.2 Å². The molecule has 26 heavy (non-hydrogen) atoms. The van der Waals surface area contributed by atoms with Gasteiger partial charge in [-0.15, -0.1) is 0 Å². The van der Waals surface area contributed by atoms with Crippen LogP contribution in [0.15, 0.2) is 42.0 Å². The summed E-state index contributed by atoms with van der Waals surface area (Å²) in [6.07, 6.45) is 2.63. The summed E-state index contributed by atoms with van der Waals surface area (Å²) in [7, 11) is 1.52. The Balaban J connectivity index is 1.89. The van der Waals surface area contributed by atoms with E-state index < -0.39 is 5.41 Å². The highest BCUT2D eigenvalue weighted by Crippen LogP contribution is 2.58.